The number of amides is 2. The Labute approximate surface area is 160 Å². The summed E-state index contributed by atoms with van der Waals surface area (Å²) in [6, 6.07) is 16.8. The quantitative estimate of drug-likeness (QED) is 0.563. The van der Waals surface area contributed by atoms with E-state index >= 15 is 0 Å². The molecule has 27 heavy (non-hydrogen) atoms. The van der Waals surface area contributed by atoms with Crippen LogP contribution in [-0.2, 0) is 9.53 Å². The van der Waals surface area contributed by atoms with E-state index in [1.165, 1.54) is 0 Å². The van der Waals surface area contributed by atoms with E-state index in [0.29, 0.717) is 18.7 Å². The third kappa shape index (κ3) is 7.11. The first-order valence-electron chi connectivity index (χ1n) is 9.05. The zero-order chi connectivity index (χ0) is 19.5. The number of hydrogen-bond donors (Lipinski definition) is 3. The average molecular weight is 369 g/mol. The standard InChI is InChI=1S/C21H27N3O3/c1-16(17-8-4-3-5-9-17)24-21(26)18-10-6-11-19(14-18)23-15-20(25)22-12-7-13-27-2/h3-6,8-11,14,16,23H,7,12-13,15H2,1-2H3,(H,22,25)(H,24,26). The molecule has 0 spiro atoms. The van der Waals surface area contributed by atoms with Gasteiger partial charge < -0.3 is 20.7 Å². The predicted molar refractivity (Wildman–Crippen MR) is 107 cm³/mol. The maximum Gasteiger partial charge on any atom is 0.251 e. The van der Waals surface area contributed by atoms with Crippen molar-refractivity contribution in [2.45, 2.75) is 19.4 Å². The SMILES string of the molecule is COCCCNC(=O)CNc1cccc(C(=O)NC(C)c2ccccc2)c1. The molecule has 1 unspecified atom stereocenters. The topological polar surface area (TPSA) is 79.5 Å². The zero-order valence-corrected chi connectivity index (χ0v) is 15.8. The van der Waals surface area contributed by atoms with Crippen molar-refractivity contribution in [3.05, 3.63) is 65.7 Å². The van der Waals surface area contributed by atoms with Gasteiger partial charge in [0, 0.05) is 31.5 Å². The number of anilines is 1. The summed E-state index contributed by atoms with van der Waals surface area (Å²) in [4.78, 5) is 24.3. The molecule has 0 aliphatic rings. The number of ether oxygens (including phenoxy) is 1. The summed E-state index contributed by atoms with van der Waals surface area (Å²) in [5.74, 6) is -0.252. The van der Waals surface area contributed by atoms with Crippen molar-refractivity contribution in [3.63, 3.8) is 0 Å². The highest BCUT2D eigenvalue weighted by Crippen LogP contribution is 2.14. The van der Waals surface area contributed by atoms with Crippen molar-refractivity contribution in [2.75, 3.05) is 32.1 Å². The van der Waals surface area contributed by atoms with Gasteiger partial charge in [0.2, 0.25) is 5.91 Å². The van der Waals surface area contributed by atoms with Crippen molar-refractivity contribution in [2.24, 2.45) is 0 Å². The minimum absolute atomic E-state index is 0.0896. The number of hydrogen-bond acceptors (Lipinski definition) is 4. The van der Waals surface area contributed by atoms with Crippen LogP contribution in [0.5, 0.6) is 0 Å². The van der Waals surface area contributed by atoms with Gasteiger partial charge in [0.15, 0.2) is 0 Å². The van der Waals surface area contributed by atoms with Crippen molar-refractivity contribution in [1.82, 2.24) is 10.6 Å². The van der Waals surface area contributed by atoms with Gasteiger partial charge in [-0.1, -0.05) is 36.4 Å². The van der Waals surface area contributed by atoms with Crippen LogP contribution in [0.25, 0.3) is 0 Å². The second-order valence-electron chi connectivity index (χ2n) is 6.24. The first-order valence-corrected chi connectivity index (χ1v) is 9.05. The van der Waals surface area contributed by atoms with Gasteiger partial charge in [0.05, 0.1) is 12.6 Å². The molecule has 6 nitrogen and oxygen atoms in total. The smallest absolute Gasteiger partial charge is 0.251 e. The van der Waals surface area contributed by atoms with E-state index in [0.717, 1.165) is 17.7 Å². The predicted octanol–water partition coefficient (Wildman–Crippen LogP) is 2.74. The van der Waals surface area contributed by atoms with Crippen LogP contribution in [0.4, 0.5) is 5.69 Å². The molecule has 0 radical (unpaired) electrons. The summed E-state index contributed by atoms with van der Waals surface area (Å²) >= 11 is 0. The maximum absolute atomic E-state index is 12.5. The number of benzene rings is 2. The Morgan fingerprint density at radius 1 is 1.07 bits per heavy atom. The highest BCUT2D eigenvalue weighted by Gasteiger charge is 2.11. The Kier molecular flexibility index (Phi) is 8.32. The van der Waals surface area contributed by atoms with E-state index in [1.54, 1.807) is 25.3 Å². The van der Waals surface area contributed by atoms with Crippen LogP contribution in [0, 0.1) is 0 Å². The Balaban J connectivity index is 1.85. The van der Waals surface area contributed by atoms with Gasteiger partial charge in [0.25, 0.3) is 5.91 Å². The molecule has 2 amide bonds. The average Bonchev–Trinajstić information content (AvgIpc) is 2.70. The summed E-state index contributed by atoms with van der Waals surface area (Å²) < 4.78 is 4.94. The van der Waals surface area contributed by atoms with Gasteiger partial charge >= 0.3 is 0 Å². The monoisotopic (exact) mass is 369 g/mol. The molecule has 0 aromatic heterocycles. The second kappa shape index (κ2) is 11.0. The molecule has 2 aromatic rings. The van der Waals surface area contributed by atoms with Gasteiger partial charge in [-0.3, -0.25) is 9.59 Å². The molecule has 6 heteroatoms. The molecular weight excluding hydrogens is 342 g/mol. The van der Waals surface area contributed by atoms with Crippen molar-refractivity contribution in [1.29, 1.82) is 0 Å². The van der Waals surface area contributed by atoms with Gasteiger partial charge in [0.1, 0.15) is 0 Å². The third-order valence-electron chi connectivity index (χ3n) is 4.07. The first-order chi connectivity index (χ1) is 13.1. The van der Waals surface area contributed by atoms with Gasteiger partial charge in [-0.05, 0) is 37.1 Å². The molecule has 1 atom stereocenters. The van der Waals surface area contributed by atoms with E-state index in [9.17, 15) is 9.59 Å². The second-order valence-corrected chi connectivity index (χ2v) is 6.24. The van der Waals surface area contributed by atoms with E-state index in [1.807, 2.05) is 43.3 Å². The molecule has 144 valence electrons. The Bertz CT molecular complexity index is 734. The molecule has 0 fully saturated rings. The molecular formula is C21H27N3O3. The summed E-state index contributed by atoms with van der Waals surface area (Å²) in [7, 11) is 1.63. The number of nitrogens with one attached hydrogen (secondary N) is 3. The lowest BCUT2D eigenvalue weighted by Gasteiger charge is -2.15. The highest BCUT2D eigenvalue weighted by molar-refractivity contribution is 5.95. The Hall–Kier alpha value is -2.86. The van der Waals surface area contributed by atoms with Crippen molar-refractivity contribution in [3.8, 4) is 0 Å². The van der Waals surface area contributed by atoms with Crippen LogP contribution in [0.15, 0.2) is 54.6 Å². The summed E-state index contributed by atoms with van der Waals surface area (Å²) in [6.45, 7) is 3.29. The van der Waals surface area contributed by atoms with Gasteiger partial charge in [-0.25, -0.2) is 0 Å². The highest BCUT2D eigenvalue weighted by atomic mass is 16.5. The Morgan fingerprint density at radius 2 is 1.85 bits per heavy atom. The minimum Gasteiger partial charge on any atom is -0.385 e. The summed E-state index contributed by atoms with van der Waals surface area (Å²) in [5.41, 5.74) is 2.32. The normalized spacial score (nSPS) is 11.5. The molecule has 0 heterocycles. The van der Waals surface area contributed by atoms with E-state index in [-0.39, 0.29) is 24.4 Å². The molecule has 2 aromatic carbocycles. The van der Waals surface area contributed by atoms with Crippen LogP contribution in [0.2, 0.25) is 0 Å². The lowest BCUT2D eigenvalue weighted by atomic mass is 10.1. The van der Waals surface area contributed by atoms with Crippen LogP contribution < -0.4 is 16.0 Å². The molecule has 0 bridgehead atoms. The summed E-state index contributed by atoms with van der Waals surface area (Å²) in [5, 5.41) is 8.84. The number of methoxy groups -OCH3 is 1. The number of carbonyl (C=O) groups is 2. The van der Waals surface area contributed by atoms with Crippen LogP contribution in [-0.4, -0.2) is 38.6 Å². The summed E-state index contributed by atoms with van der Waals surface area (Å²) in [6.07, 6.45) is 0.775. The van der Waals surface area contributed by atoms with E-state index < -0.39 is 0 Å². The molecule has 0 aliphatic heterocycles. The molecule has 0 aliphatic carbocycles. The van der Waals surface area contributed by atoms with Crippen molar-refractivity contribution >= 4 is 17.5 Å². The third-order valence-corrected chi connectivity index (χ3v) is 4.07. The van der Waals surface area contributed by atoms with Crippen molar-refractivity contribution < 1.29 is 14.3 Å². The first kappa shape index (κ1) is 20.5. The molecule has 3 N–H and O–H groups in total. The van der Waals surface area contributed by atoms with Crippen LogP contribution in [0.1, 0.15) is 35.3 Å². The van der Waals surface area contributed by atoms with E-state index in [2.05, 4.69) is 16.0 Å². The lowest BCUT2D eigenvalue weighted by Crippen LogP contribution is -2.31. The molecule has 0 saturated heterocycles. The van der Waals surface area contributed by atoms with Crippen LogP contribution >= 0.6 is 0 Å². The largest absolute Gasteiger partial charge is 0.385 e. The minimum atomic E-state index is -0.154. The van der Waals surface area contributed by atoms with E-state index in [4.69, 9.17) is 4.74 Å². The fourth-order valence-electron chi connectivity index (χ4n) is 2.56. The number of rotatable bonds is 10. The molecule has 2 rings (SSSR count). The Morgan fingerprint density at radius 3 is 2.59 bits per heavy atom. The molecule has 0 saturated carbocycles. The zero-order valence-electron chi connectivity index (χ0n) is 15.8. The fourth-order valence-corrected chi connectivity index (χ4v) is 2.56. The number of carbonyl (C=O) groups excluding carboxylic acids is 2. The van der Waals surface area contributed by atoms with Gasteiger partial charge in [-0.2, -0.15) is 0 Å². The lowest BCUT2D eigenvalue weighted by molar-refractivity contribution is -0.119. The maximum atomic E-state index is 12.5. The fraction of sp³-hybridized carbons (Fsp3) is 0.333. The van der Waals surface area contributed by atoms with Crippen LogP contribution in [0.3, 0.4) is 0 Å². The van der Waals surface area contributed by atoms with Gasteiger partial charge in [-0.15, -0.1) is 0 Å².